The molecule has 1 aliphatic carbocycles. The first-order valence-corrected chi connectivity index (χ1v) is 12.0. The predicted molar refractivity (Wildman–Crippen MR) is 134 cm³/mol. The number of urea groups is 1. The molecule has 3 aromatic carbocycles. The van der Waals surface area contributed by atoms with E-state index in [0.717, 1.165) is 45.6 Å². The second-order valence-corrected chi connectivity index (χ2v) is 9.49. The summed E-state index contributed by atoms with van der Waals surface area (Å²) in [5.41, 5.74) is 5.00. The summed E-state index contributed by atoms with van der Waals surface area (Å²) in [6.07, 6.45) is 2.20. The maximum Gasteiger partial charge on any atom is 0.325 e. The molecule has 2 N–H and O–H groups in total. The minimum Gasteiger partial charge on any atom is -0.344 e. The normalized spacial score (nSPS) is 19.9. The molecule has 1 aliphatic heterocycles. The fraction of sp³-hybridized carbons (Fsp3) is 0.276. The largest absolute Gasteiger partial charge is 0.344 e. The number of aryl methyl sites for hydroxylation is 3. The third-order valence-electron chi connectivity index (χ3n) is 7.26. The van der Waals surface area contributed by atoms with Gasteiger partial charge in [-0.2, -0.15) is 0 Å². The number of imide groups is 1. The van der Waals surface area contributed by atoms with Gasteiger partial charge >= 0.3 is 6.03 Å². The monoisotopic (exact) mass is 467 g/mol. The topological polar surface area (TPSA) is 78.5 Å². The van der Waals surface area contributed by atoms with E-state index in [1.54, 1.807) is 0 Å². The number of fused-ring (bicyclic) bond motifs is 2. The summed E-state index contributed by atoms with van der Waals surface area (Å²) in [6, 6.07) is 22.6. The highest BCUT2D eigenvalue weighted by Crippen LogP contribution is 2.39. The zero-order valence-corrected chi connectivity index (χ0v) is 20.0. The van der Waals surface area contributed by atoms with Crippen molar-refractivity contribution in [1.82, 2.24) is 15.5 Å². The van der Waals surface area contributed by atoms with Crippen LogP contribution < -0.4 is 10.6 Å². The molecule has 178 valence electrons. The van der Waals surface area contributed by atoms with Crippen LogP contribution in [0.5, 0.6) is 0 Å². The van der Waals surface area contributed by atoms with E-state index in [1.165, 1.54) is 5.56 Å². The molecule has 6 nitrogen and oxygen atoms in total. The van der Waals surface area contributed by atoms with Crippen LogP contribution in [0.4, 0.5) is 4.79 Å². The minimum absolute atomic E-state index is 0.331. The summed E-state index contributed by atoms with van der Waals surface area (Å²) in [7, 11) is 0. The first-order valence-electron chi connectivity index (χ1n) is 12.0. The highest BCUT2D eigenvalue weighted by atomic mass is 16.2. The summed E-state index contributed by atoms with van der Waals surface area (Å²) in [6.45, 7) is 3.76. The minimum atomic E-state index is -1.08. The summed E-state index contributed by atoms with van der Waals surface area (Å²) in [4.78, 5) is 40.8. The van der Waals surface area contributed by atoms with E-state index < -0.39 is 17.6 Å². The lowest BCUT2D eigenvalue weighted by molar-refractivity contribution is -0.135. The lowest BCUT2D eigenvalue weighted by atomic mass is 9.76. The van der Waals surface area contributed by atoms with E-state index in [0.29, 0.717) is 6.42 Å². The summed E-state index contributed by atoms with van der Waals surface area (Å²) < 4.78 is 0. The number of hydrogen-bond donors (Lipinski definition) is 2. The predicted octanol–water partition coefficient (Wildman–Crippen LogP) is 4.29. The quantitative estimate of drug-likeness (QED) is 0.550. The van der Waals surface area contributed by atoms with Crippen LogP contribution in [0.15, 0.2) is 72.8 Å². The first kappa shape index (κ1) is 22.8. The molecule has 6 heteroatoms. The maximum absolute atomic E-state index is 13.6. The SMILES string of the molecule is Cc1ccc([C@@H](NC(=O)CN2C(=O)N[C@]3(CCCc4ccccc43)C2=O)c2ccccc2)cc1C. The van der Waals surface area contributed by atoms with Gasteiger partial charge in [0.25, 0.3) is 5.91 Å². The van der Waals surface area contributed by atoms with E-state index in [9.17, 15) is 14.4 Å². The molecule has 4 amide bonds. The van der Waals surface area contributed by atoms with Crippen molar-refractivity contribution in [2.45, 2.75) is 44.7 Å². The number of carbonyl (C=O) groups excluding carboxylic acids is 3. The molecular weight excluding hydrogens is 438 g/mol. The molecule has 0 saturated carbocycles. The smallest absolute Gasteiger partial charge is 0.325 e. The first-order chi connectivity index (χ1) is 16.9. The Bertz CT molecular complexity index is 1300. The van der Waals surface area contributed by atoms with E-state index in [4.69, 9.17) is 0 Å². The van der Waals surface area contributed by atoms with Crippen molar-refractivity contribution in [3.8, 4) is 0 Å². The second kappa shape index (κ2) is 9.02. The van der Waals surface area contributed by atoms with Gasteiger partial charge in [-0.05, 0) is 66.5 Å². The third-order valence-corrected chi connectivity index (χ3v) is 7.26. The third kappa shape index (κ3) is 4.09. The van der Waals surface area contributed by atoms with Gasteiger partial charge in [0.05, 0.1) is 6.04 Å². The lowest BCUT2D eigenvalue weighted by Gasteiger charge is -2.33. The van der Waals surface area contributed by atoms with Gasteiger partial charge < -0.3 is 10.6 Å². The molecule has 5 rings (SSSR count). The Kier molecular flexibility index (Phi) is 5.89. The van der Waals surface area contributed by atoms with Gasteiger partial charge in [0.2, 0.25) is 5.91 Å². The van der Waals surface area contributed by atoms with Crippen molar-refractivity contribution in [2.24, 2.45) is 0 Å². The molecule has 0 unspecified atom stereocenters. The molecule has 1 spiro atoms. The number of hydrogen-bond acceptors (Lipinski definition) is 3. The van der Waals surface area contributed by atoms with Crippen LogP contribution in [0.2, 0.25) is 0 Å². The van der Waals surface area contributed by atoms with Crippen molar-refractivity contribution in [3.05, 3.63) is 106 Å². The Morgan fingerprint density at radius 3 is 2.49 bits per heavy atom. The van der Waals surface area contributed by atoms with Gasteiger partial charge in [-0.1, -0.05) is 72.8 Å². The number of nitrogens with zero attached hydrogens (tertiary/aromatic N) is 1. The molecule has 2 atom stereocenters. The van der Waals surface area contributed by atoms with Crippen LogP contribution in [0.25, 0.3) is 0 Å². The van der Waals surface area contributed by atoms with Crippen LogP contribution >= 0.6 is 0 Å². The lowest BCUT2D eigenvalue weighted by Crippen LogP contribution is -2.47. The molecule has 1 fully saturated rings. The average molecular weight is 468 g/mol. The zero-order valence-electron chi connectivity index (χ0n) is 20.0. The number of rotatable bonds is 5. The fourth-order valence-corrected chi connectivity index (χ4v) is 5.25. The van der Waals surface area contributed by atoms with Crippen molar-refractivity contribution >= 4 is 17.8 Å². The number of benzene rings is 3. The van der Waals surface area contributed by atoms with Crippen molar-refractivity contribution < 1.29 is 14.4 Å². The van der Waals surface area contributed by atoms with Gasteiger partial charge in [-0.3, -0.25) is 14.5 Å². The van der Waals surface area contributed by atoms with E-state index in [-0.39, 0.29) is 18.4 Å². The Labute approximate surface area is 205 Å². The van der Waals surface area contributed by atoms with Gasteiger partial charge in [-0.25, -0.2) is 4.79 Å². The number of nitrogens with one attached hydrogen (secondary N) is 2. The van der Waals surface area contributed by atoms with Gasteiger partial charge in [0.15, 0.2) is 0 Å². The zero-order chi connectivity index (χ0) is 24.6. The standard InChI is InChI=1S/C29H29N3O3/c1-19-14-15-23(17-20(19)2)26(22-10-4-3-5-11-22)30-25(33)18-32-27(34)29(31-28(32)35)16-8-12-21-9-6-7-13-24(21)29/h3-7,9-11,13-15,17,26H,8,12,16,18H2,1-2H3,(H,30,33)(H,31,35)/t26-,29-/m0/s1. The van der Waals surface area contributed by atoms with Crippen LogP contribution in [-0.4, -0.2) is 29.3 Å². The Morgan fingerprint density at radius 2 is 1.71 bits per heavy atom. The van der Waals surface area contributed by atoms with Crippen molar-refractivity contribution in [2.75, 3.05) is 6.54 Å². The van der Waals surface area contributed by atoms with Gasteiger partial charge in [-0.15, -0.1) is 0 Å². The number of carbonyl (C=O) groups is 3. The Hall–Kier alpha value is -3.93. The van der Waals surface area contributed by atoms with Gasteiger partial charge in [0.1, 0.15) is 12.1 Å². The fourth-order valence-electron chi connectivity index (χ4n) is 5.25. The van der Waals surface area contributed by atoms with Gasteiger partial charge in [0, 0.05) is 0 Å². The molecule has 2 aliphatic rings. The van der Waals surface area contributed by atoms with Crippen molar-refractivity contribution in [3.63, 3.8) is 0 Å². The molecule has 1 heterocycles. The van der Waals surface area contributed by atoms with Crippen LogP contribution in [-0.2, 0) is 21.5 Å². The van der Waals surface area contributed by atoms with E-state index in [2.05, 4.69) is 16.7 Å². The van der Waals surface area contributed by atoms with E-state index in [1.807, 2.05) is 80.6 Å². The van der Waals surface area contributed by atoms with Crippen LogP contribution in [0.1, 0.15) is 52.3 Å². The highest BCUT2D eigenvalue weighted by molar-refractivity contribution is 6.09. The molecule has 3 aromatic rings. The summed E-state index contributed by atoms with van der Waals surface area (Å²) in [5.74, 6) is -0.742. The van der Waals surface area contributed by atoms with Crippen LogP contribution in [0, 0.1) is 13.8 Å². The molecule has 35 heavy (non-hydrogen) atoms. The summed E-state index contributed by atoms with van der Waals surface area (Å²) >= 11 is 0. The Morgan fingerprint density at radius 1 is 0.971 bits per heavy atom. The maximum atomic E-state index is 13.6. The highest BCUT2D eigenvalue weighted by Gasteiger charge is 2.54. The molecule has 0 radical (unpaired) electrons. The number of amides is 4. The average Bonchev–Trinajstić information content (AvgIpc) is 3.09. The molecule has 1 saturated heterocycles. The van der Waals surface area contributed by atoms with Crippen molar-refractivity contribution in [1.29, 1.82) is 0 Å². The second-order valence-electron chi connectivity index (χ2n) is 9.49. The molecule has 0 bridgehead atoms. The van der Waals surface area contributed by atoms with E-state index >= 15 is 0 Å². The molecular formula is C29H29N3O3. The summed E-state index contributed by atoms with van der Waals surface area (Å²) in [5, 5.41) is 5.98. The van der Waals surface area contributed by atoms with Crippen LogP contribution in [0.3, 0.4) is 0 Å². The Balaban J connectivity index is 1.39. The molecule has 0 aromatic heterocycles.